The lowest BCUT2D eigenvalue weighted by atomic mass is 9.90. The van der Waals surface area contributed by atoms with Crippen LogP contribution in [0.25, 0.3) is 5.57 Å². The van der Waals surface area contributed by atoms with Crippen LogP contribution in [0.1, 0.15) is 99.4 Å². The number of rotatable bonds is 11. The van der Waals surface area contributed by atoms with Crippen LogP contribution in [0.3, 0.4) is 0 Å². The highest BCUT2D eigenvalue weighted by Crippen LogP contribution is 2.28. The molecule has 0 spiro atoms. The van der Waals surface area contributed by atoms with Gasteiger partial charge in [0.2, 0.25) is 0 Å². The Morgan fingerprint density at radius 3 is 2.40 bits per heavy atom. The largest absolute Gasteiger partial charge is 0.383 e. The van der Waals surface area contributed by atoms with Gasteiger partial charge in [-0.05, 0) is 109 Å². The maximum Gasteiger partial charge on any atom is 0.0745 e. The van der Waals surface area contributed by atoms with Gasteiger partial charge in [-0.25, -0.2) is 0 Å². The summed E-state index contributed by atoms with van der Waals surface area (Å²) in [5.74, 6) is 9.64. The van der Waals surface area contributed by atoms with Gasteiger partial charge in [0.15, 0.2) is 0 Å². The molecule has 0 radical (unpaired) electrons. The molecule has 0 aliphatic rings. The molecule has 0 saturated carbocycles. The molecule has 4 heteroatoms. The maximum atomic E-state index is 4.86. The van der Waals surface area contributed by atoms with Crippen LogP contribution in [0, 0.1) is 29.1 Å². The predicted octanol–water partition coefficient (Wildman–Crippen LogP) is 10.6. The van der Waals surface area contributed by atoms with Crippen LogP contribution >= 0.6 is 20.8 Å². The molecule has 0 amide bonds. The average Bonchev–Trinajstić information content (AvgIpc) is 2.93. The van der Waals surface area contributed by atoms with E-state index in [1.807, 2.05) is 45.2 Å². The summed E-state index contributed by atoms with van der Waals surface area (Å²) in [5.41, 5.74) is 9.05. The van der Waals surface area contributed by atoms with E-state index >= 15 is 0 Å². The Kier molecular flexibility index (Phi) is 17.3. The van der Waals surface area contributed by atoms with Crippen LogP contribution in [0.2, 0.25) is 0 Å². The Morgan fingerprint density at radius 2 is 1.76 bits per heavy atom. The summed E-state index contributed by atoms with van der Waals surface area (Å²) in [6, 6.07) is 11.2. The summed E-state index contributed by atoms with van der Waals surface area (Å²) in [4.78, 5) is 5.56. The lowest BCUT2D eigenvalue weighted by Gasteiger charge is -2.20. The van der Waals surface area contributed by atoms with Crippen molar-refractivity contribution >= 4 is 43.2 Å². The second-order valence-electron chi connectivity index (χ2n) is 11.8. The van der Waals surface area contributed by atoms with E-state index in [0.717, 1.165) is 42.8 Å². The average molecular weight is 601 g/mol. The smallest absolute Gasteiger partial charge is 0.0745 e. The third-order valence-corrected chi connectivity index (χ3v) is 7.54. The maximum absolute atomic E-state index is 4.86. The summed E-state index contributed by atoms with van der Waals surface area (Å²) < 4.78 is 0. The van der Waals surface area contributed by atoms with Gasteiger partial charge in [-0.3, -0.25) is 4.98 Å². The van der Waals surface area contributed by atoms with Crippen LogP contribution in [-0.2, 0) is 6.42 Å². The molecule has 1 heterocycles. The first-order chi connectivity index (χ1) is 19.9. The molecule has 0 aliphatic heterocycles. The van der Waals surface area contributed by atoms with Gasteiger partial charge in [-0.1, -0.05) is 78.1 Å². The van der Waals surface area contributed by atoms with Crippen LogP contribution in [0.4, 0.5) is 5.69 Å². The SMILES string of the molecule is C/C=C\C=C/C=Pc1ccnc(C(C)=C=C(S)C(C)CC(C)Cc2ccc(C#CC(C)(C)C)cc2NC(C)C)c1.CC. The normalized spacial score (nSPS) is 12.9. The Balaban J connectivity index is 0.00000431. The number of benzene rings is 1. The minimum atomic E-state index is -0.0134. The highest BCUT2D eigenvalue weighted by atomic mass is 32.1. The van der Waals surface area contributed by atoms with Crippen molar-refractivity contribution in [2.24, 2.45) is 17.3 Å². The van der Waals surface area contributed by atoms with Crippen molar-refractivity contribution in [3.8, 4) is 11.8 Å². The van der Waals surface area contributed by atoms with Gasteiger partial charge in [0.05, 0.1) is 5.69 Å². The summed E-state index contributed by atoms with van der Waals surface area (Å²) >= 11 is 4.86. The topological polar surface area (TPSA) is 24.9 Å². The fourth-order valence-electron chi connectivity index (χ4n) is 4.15. The van der Waals surface area contributed by atoms with Gasteiger partial charge in [-0.15, -0.1) is 18.4 Å². The molecule has 2 unspecified atom stereocenters. The van der Waals surface area contributed by atoms with Crippen molar-refractivity contribution in [2.45, 2.75) is 95.0 Å². The molecular weight excluding hydrogens is 547 g/mol. The minimum Gasteiger partial charge on any atom is -0.383 e. The first-order valence-corrected chi connectivity index (χ1v) is 16.7. The molecule has 42 heavy (non-hydrogen) atoms. The number of thiol groups is 1. The molecule has 226 valence electrons. The van der Waals surface area contributed by atoms with Crippen LogP contribution in [0.5, 0.6) is 0 Å². The number of nitrogens with zero attached hydrogens (tertiary/aromatic N) is 1. The zero-order chi connectivity index (χ0) is 31.7. The lowest BCUT2D eigenvalue weighted by molar-refractivity contribution is 0.462. The van der Waals surface area contributed by atoms with Gasteiger partial charge in [0, 0.05) is 44.7 Å². The number of nitrogens with one attached hydrogen (secondary N) is 1. The van der Waals surface area contributed by atoms with Crippen molar-refractivity contribution in [1.29, 1.82) is 0 Å². The quantitative estimate of drug-likeness (QED) is 0.0882. The third kappa shape index (κ3) is 14.9. The molecule has 2 atom stereocenters. The number of aromatic nitrogens is 1. The summed E-state index contributed by atoms with van der Waals surface area (Å²) in [6.45, 7) is 23.4. The fraction of sp³-hybridized carbons (Fsp3) is 0.447. The van der Waals surface area contributed by atoms with E-state index in [2.05, 4.69) is 125 Å². The number of pyridine rings is 1. The molecule has 2 aromatic rings. The lowest BCUT2D eigenvalue weighted by Crippen LogP contribution is -2.14. The number of anilines is 1. The molecule has 0 fully saturated rings. The van der Waals surface area contributed by atoms with E-state index < -0.39 is 0 Å². The minimum absolute atomic E-state index is 0.0134. The van der Waals surface area contributed by atoms with E-state index in [4.69, 9.17) is 12.6 Å². The molecule has 1 aromatic carbocycles. The zero-order valence-corrected chi connectivity index (χ0v) is 29.6. The first kappa shape index (κ1) is 37.3. The van der Waals surface area contributed by atoms with Gasteiger partial charge in [-0.2, -0.15) is 0 Å². The predicted molar refractivity (Wildman–Crippen MR) is 195 cm³/mol. The second-order valence-corrected chi connectivity index (χ2v) is 13.4. The molecule has 2 nitrogen and oxygen atoms in total. The molecular formula is C38H53N2PS. The molecule has 0 aliphatic carbocycles. The summed E-state index contributed by atoms with van der Waals surface area (Å²) in [7, 11) is 1.14. The van der Waals surface area contributed by atoms with Crippen molar-refractivity contribution in [2.75, 3.05) is 5.32 Å². The Bertz CT molecular complexity index is 1340. The number of allylic oxidation sites excluding steroid dienone is 5. The molecule has 0 saturated heterocycles. The summed E-state index contributed by atoms with van der Waals surface area (Å²) in [6.07, 6.45) is 12.1. The van der Waals surface area contributed by atoms with Crippen molar-refractivity contribution in [1.82, 2.24) is 4.98 Å². The monoisotopic (exact) mass is 600 g/mol. The number of hydrogen-bond donors (Lipinski definition) is 2. The van der Waals surface area contributed by atoms with E-state index in [1.165, 1.54) is 16.6 Å². The van der Waals surface area contributed by atoms with Crippen molar-refractivity contribution in [3.63, 3.8) is 0 Å². The van der Waals surface area contributed by atoms with E-state index in [1.54, 1.807) is 0 Å². The van der Waals surface area contributed by atoms with Gasteiger partial charge >= 0.3 is 0 Å². The fourth-order valence-corrected chi connectivity index (χ4v) is 5.13. The number of hydrogen-bond acceptors (Lipinski definition) is 3. The zero-order valence-electron chi connectivity index (χ0n) is 27.8. The van der Waals surface area contributed by atoms with Gasteiger partial charge in [0.25, 0.3) is 0 Å². The van der Waals surface area contributed by atoms with Gasteiger partial charge in [0.1, 0.15) is 0 Å². The second kappa shape index (κ2) is 19.4. The van der Waals surface area contributed by atoms with Crippen LogP contribution in [0.15, 0.2) is 71.5 Å². The summed E-state index contributed by atoms with van der Waals surface area (Å²) in [5, 5.41) is 4.85. The highest BCUT2D eigenvalue weighted by molar-refractivity contribution is 7.84. The van der Waals surface area contributed by atoms with Crippen molar-refractivity contribution < 1.29 is 0 Å². The Labute approximate surface area is 265 Å². The molecule has 0 bridgehead atoms. The molecule has 1 N–H and O–H groups in total. The van der Waals surface area contributed by atoms with Crippen LogP contribution < -0.4 is 10.6 Å². The van der Waals surface area contributed by atoms with E-state index in [0.29, 0.717) is 17.9 Å². The Morgan fingerprint density at radius 1 is 1.05 bits per heavy atom. The third-order valence-electron chi connectivity index (χ3n) is 6.09. The Hall–Kier alpha value is -2.75. The van der Waals surface area contributed by atoms with E-state index in [-0.39, 0.29) is 5.41 Å². The standard InChI is InChI=1S/C36H47N2PS.C2H6/c1-10-11-12-13-20-39-32-17-19-37-33(25-32)28(5)23-35(40)29(6)21-27(4)22-31-15-14-30(16-18-36(7,8)9)24-34(31)38-26(2)3;1-2/h10-15,17,19-20,24-27,29,38,40H,21-22H2,1-9H3;1-2H3/b11-10-,13-12-;. The van der Waals surface area contributed by atoms with Crippen molar-refractivity contribution in [3.05, 3.63) is 88.3 Å². The van der Waals surface area contributed by atoms with Crippen LogP contribution in [-0.4, -0.2) is 16.8 Å². The highest BCUT2D eigenvalue weighted by Gasteiger charge is 2.15. The first-order valence-electron chi connectivity index (χ1n) is 15.3. The van der Waals surface area contributed by atoms with Gasteiger partial charge < -0.3 is 5.32 Å². The molecule has 1 aromatic heterocycles. The molecule has 2 rings (SSSR count). The van der Waals surface area contributed by atoms with E-state index in [9.17, 15) is 0 Å².